The minimum Gasteiger partial charge on any atom is -0.379 e. The number of thioether (sulfide) groups is 1. The van der Waals surface area contributed by atoms with Crippen LogP contribution in [0.2, 0.25) is 0 Å². The quantitative estimate of drug-likeness (QED) is 0.893. The van der Waals surface area contributed by atoms with E-state index in [-0.39, 0.29) is 11.3 Å². The van der Waals surface area contributed by atoms with Gasteiger partial charge >= 0.3 is 0 Å². The van der Waals surface area contributed by atoms with Crippen LogP contribution in [0.3, 0.4) is 0 Å². The van der Waals surface area contributed by atoms with Crippen LogP contribution in [0.1, 0.15) is 32.9 Å². The second-order valence-electron chi connectivity index (χ2n) is 6.67. The average molecular weight is 297 g/mol. The molecule has 0 saturated carbocycles. The fraction of sp³-hybridized carbons (Fsp3) is 0.714. The van der Waals surface area contributed by atoms with Crippen molar-refractivity contribution < 1.29 is 9.90 Å². The highest BCUT2D eigenvalue weighted by Gasteiger charge is 2.39. The van der Waals surface area contributed by atoms with Crippen molar-refractivity contribution in [3.63, 3.8) is 0 Å². The van der Waals surface area contributed by atoms with Crippen molar-refractivity contribution in [2.45, 2.75) is 39.2 Å². The van der Waals surface area contributed by atoms with Gasteiger partial charge in [0, 0.05) is 18.9 Å². The predicted octanol–water partition coefficient (Wildman–Crippen LogP) is 1.82. The second-order valence-corrected chi connectivity index (χ2v) is 7.78. The lowest BCUT2D eigenvalue weighted by Crippen LogP contribution is -2.43. The van der Waals surface area contributed by atoms with E-state index in [2.05, 4.69) is 31.2 Å². The molecule has 2 rings (SSSR count). The molecule has 2 heterocycles. The number of hydrogen-bond donors (Lipinski definition) is 2. The summed E-state index contributed by atoms with van der Waals surface area (Å²) in [6, 6.07) is 1.88. The smallest absolute Gasteiger partial charge is 0.258 e. The maximum Gasteiger partial charge on any atom is 0.258 e. The van der Waals surface area contributed by atoms with Crippen LogP contribution < -0.4 is 5.32 Å². The van der Waals surface area contributed by atoms with Crippen molar-refractivity contribution in [3.05, 3.63) is 11.8 Å². The second kappa shape index (κ2) is 5.41. The van der Waals surface area contributed by atoms with Crippen LogP contribution in [0.25, 0.3) is 0 Å². The molecule has 1 aromatic rings. The summed E-state index contributed by atoms with van der Waals surface area (Å²) < 4.78 is 1.66. The number of carbonyl (C=O) groups is 1. The van der Waals surface area contributed by atoms with Crippen molar-refractivity contribution in [2.75, 3.05) is 16.8 Å². The van der Waals surface area contributed by atoms with E-state index in [1.165, 1.54) is 0 Å². The first-order chi connectivity index (χ1) is 9.20. The molecule has 1 unspecified atom stereocenters. The number of carbonyl (C=O) groups excluding carboxylic acids is 1. The fourth-order valence-corrected chi connectivity index (χ4v) is 3.48. The van der Waals surface area contributed by atoms with Gasteiger partial charge in [-0.3, -0.25) is 9.48 Å². The summed E-state index contributed by atoms with van der Waals surface area (Å²) in [7, 11) is 1.80. The Kier molecular flexibility index (Phi) is 4.16. The molecule has 1 aromatic heterocycles. The zero-order valence-corrected chi connectivity index (χ0v) is 13.4. The minimum absolute atomic E-state index is 0.149. The number of aromatic nitrogens is 2. The molecule has 5 nitrogen and oxygen atoms in total. The summed E-state index contributed by atoms with van der Waals surface area (Å²) in [6.45, 7) is 6.45. The highest BCUT2D eigenvalue weighted by atomic mass is 32.2. The van der Waals surface area contributed by atoms with Gasteiger partial charge in [0.2, 0.25) is 0 Å². The van der Waals surface area contributed by atoms with E-state index in [1.807, 2.05) is 6.07 Å². The molecule has 0 spiro atoms. The van der Waals surface area contributed by atoms with Gasteiger partial charge in [0.05, 0.1) is 5.69 Å². The van der Waals surface area contributed by atoms with Crippen LogP contribution >= 0.6 is 11.8 Å². The van der Waals surface area contributed by atoms with Gasteiger partial charge in [-0.2, -0.15) is 16.9 Å². The van der Waals surface area contributed by atoms with Gasteiger partial charge in [-0.05, 0) is 24.0 Å². The van der Waals surface area contributed by atoms with Gasteiger partial charge in [0.1, 0.15) is 5.82 Å². The van der Waals surface area contributed by atoms with E-state index in [0.717, 1.165) is 17.9 Å². The third-order valence-electron chi connectivity index (χ3n) is 3.31. The first kappa shape index (κ1) is 15.4. The molecule has 112 valence electrons. The molecular formula is C14H23N3O2S. The number of aliphatic hydroxyl groups is 1. The first-order valence-corrected chi connectivity index (χ1v) is 8.00. The molecule has 0 aromatic carbocycles. The van der Waals surface area contributed by atoms with E-state index < -0.39 is 5.60 Å². The van der Waals surface area contributed by atoms with Crippen molar-refractivity contribution in [3.8, 4) is 0 Å². The Morgan fingerprint density at radius 1 is 1.60 bits per heavy atom. The van der Waals surface area contributed by atoms with Crippen molar-refractivity contribution >= 4 is 23.5 Å². The summed E-state index contributed by atoms with van der Waals surface area (Å²) in [5.41, 5.74) is -0.141. The molecule has 1 fully saturated rings. The van der Waals surface area contributed by atoms with Crippen LogP contribution in [-0.2, 0) is 18.3 Å². The maximum absolute atomic E-state index is 12.2. The highest BCUT2D eigenvalue weighted by molar-refractivity contribution is 7.99. The Balaban J connectivity index is 2.08. The lowest BCUT2D eigenvalue weighted by atomic mass is 9.91. The summed E-state index contributed by atoms with van der Waals surface area (Å²) in [5.74, 6) is 1.60. The number of hydrogen-bond acceptors (Lipinski definition) is 4. The molecule has 1 aliphatic rings. The van der Waals surface area contributed by atoms with Gasteiger partial charge in [0.15, 0.2) is 5.60 Å². The van der Waals surface area contributed by atoms with E-state index in [4.69, 9.17) is 0 Å². The largest absolute Gasteiger partial charge is 0.379 e. The van der Waals surface area contributed by atoms with Crippen LogP contribution in [0, 0.1) is 5.41 Å². The summed E-state index contributed by atoms with van der Waals surface area (Å²) in [4.78, 5) is 12.2. The zero-order chi connectivity index (χ0) is 15.0. The van der Waals surface area contributed by atoms with Crippen molar-refractivity contribution in [2.24, 2.45) is 12.5 Å². The molecule has 0 bridgehead atoms. The number of rotatable bonds is 3. The Hall–Kier alpha value is -1.01. The first-order valence-electron chi connectivity index (χ1n) is 6.84. The highest BCUT2D eigenvalue weighted by Crippen LogP contribution is 2.29. The fourth-order valence-electron chi connectivity index (χ4n) is 2.24. The summed E-state index contributed by atoms with van der Waals surface area (Å²) in [5, 5.41) is 17.5. The molecule has 20 heavy (non-hydrogen) atoms. The van der Waals surface area contributed by atoms with Crippen LogP contribution in [0.5, 0.6) is 0 Å². The Morgan fingerprint density at radius 3 is 2.85 bits per heavy atom. The topological polar surface area (TPSA) is 67.2 Å². The average Bonchev–Trinajstić information content (AvgIpc) is 2.85. The molecule has 1 aliphatic heterocycles. The van der Waals surface area contributed by atoms with Crippen molar-refractivity contribution in [1.29, 1.82) is 0 Å². The summed E-state index contributed by atoms with van der Waals surface area (Å²) >= 11 is 1.60. The molecule has 1 amide bonds. The van der Waals surface area contributed by atoms with Gasteiger partial charge in [-0.15, -0.1) is 0 Å². The molecule has 1 atom stereocenters. The predicted molar refractivity (Wildman–Crippen MR) is 81.9 cm³/mol. The molecule has 2 N–H and O–H groups in total. The lowest BCUT2D eigenvalue weighted by molar-refractivity contribution is -0.131. The number of aryl methyl sites for hydroxylation is 1. The van der Waals surface area contributed by atoms with Gasteiger partial charge in [-0.25, -0.2) is 0 Å². The van der Waals surface area contributed by atoms with Crippen molar-refractivity contribution in [1.82, 2.24) is 9.78 Å². The third kappa shape index (κ3) is 3.55. The van der Waals surface area contributed by atoms with Gasteiger partial charge in [0.25, 0.3) is 5.91 Å². The SMILES string of the molecule is Cn1nc(CC(C)(C)C)cc1NC(=O)C1(O)CCSC1. The number of nitrogens with one attached hydrogen (secondary N) is 1. The summed E-state index contributed by atoms with van der Waals surface area (Å²) in [6.07, 6.45) is 1.35. The standard InChI is InChI=1S/C14H23N3O2S/c1-13(2,3)8-10-7-11(17(4)16-10)15-12(18)14(19)5-6-20-9-14/h7,19H,5-6,8-9H2,1-4H3,(H,15,18). The Labute approximate surface area is 124 Å². The van der Waals surface area contributed by atoms with Crippen LogP contribution in [-0.4, -0.2) is 37.9 Å². The number of nitrogens with zero attached hydrogens (tertiary/aromatic N) is 2. The normalized spacial score (nSPS) is 23.1. The van der Waals surface area contributed by atoms with Gasteiger partial charge in [-0.1, -0.05) is 20.8 Å². The van der Waals surface area contributed by atoms with Gasteiger partial charge < -0.3 is 10.4 Å². The van der Waals surface area contributed by atoms with E-state index in [1.54, 1.807) is 23.5 Å². The number of anilines is 1. The molecule has 0 aliphatic carbocycles. The number of amides is 1. The van der Waals surface area contributed by atoms with E-state index >= 15 is 0 Å². The van der Waals surface area contributed by atoms with E-state index in [0.29, 0.717) is 18.0 Å². The molecular weight excluding hydrogens is 274 g/mol. The zero-order valence-electron chi connectivity index (χ0n) is 12.6. The molecule has 1 saturated heterocycles. The minimum atomic E-state index is -1.24. The van der Waals surface area contributed by atoms with E-state index in [9.17, 15) is 9.90 Å². The third-order valence-corrected chi connectivity index (χ3v) is 4.48. The Morgan fingerprint density at radius 2 is 2.30 bits per heavy atom. The molecule has 6 heteroatoms. The van der Waals surface area contributed by atoms with Crippen LogP contribution in [0.15, 0.2) is 6.07 Å². The lowest BCUT2D eigenvalue weighted by Gasteiger charge is -2.19. The van der Waals surface area contributed by atoms with Crippen LogP contribution in [0.4, 0.5) is 5.82 Å². The monoisotopic (exact) mass is 297 g/mol. The maximum atomic E-state index is 12.2. The molecule has 0 radical (unpaired) electrons. The Bertz CT molecular complexity index is 499.